The number of aliphatic hydroxyl groups is 1. The first-order chi connectivity index (χ1) is 12.0. The summed E-state index contributed by atoms with van der Waals surface area (Å²) in [5.41, 5.74) is 2.07. The monoisotopic (exact) mass is 339 g/mol. The van der Waals surface area contributed by atoms with Crippen LogP contribution in [-0.2, 0) is 21.0 Å². The second kappa shape index (κ2) is 5.31. The van der Waals surface area contributed by atoms with Crippen LogP contribution in [0.15, 0.2) is 47.6 Å². The Morgan fingerprint density at radius 2 is 1.84 bits per heavy atom. The van der Waals surface area contributed by atoms with Gasteiger partial charge < -0.3 is 19.4 Å². The molecule has 1 aliphatic carbocycles. The molecule has 0 fully saturated rings. The molecule has 0 saturated heterocycles. The van der Waals surface area contributed by atoms with E-state index >= 15 is 0 Å². The van der Waals surface area contributed by atoms with Crippen LogP contribution in [0.25, 0.3) is 0 Å². The van der Waals surface area contributed by atoms with Crippen molar-refractivity contribution in [2.45, 2.75) is 31.2 Å². The van der Waals surface area contributed by atoms with Crippen LogP contribution in [0.1, 0.15) is 42.0 Å². The van der Waals surface area contributed by atoms with E-state index < -0.39 is 11.4 Å². The second-order valence-electron chi connectivity index (χ2n) is 6.71. The van der Waals surface area contributed by atoms with Crippen LogP contribution < -0.4 is 4.74 Å². The van der Waals surface area contributed by atoms with E-state index in [1.54, 1.807) is 0 Å². The van der Waals surface area contributed by atoms with Crippen LogP contribution in [0.2, 0.25) is 0 Å². The van der Waals surface area contributed by atoms with Crippen LogP contribution in [0.4, 0.5) is 0 Å². The Bertz CT molecular complexity index is 876. The molecule has 1 heterocycles. The lowest BCUT2D eigenvalue weighted by Gasteiger charge is -2.33. The number of hydrogen-bond acceptors (Lipinski definition) is 5. The van der Waals surface area contributed by atoms with Crippen LogP contribution in [0.5, 0.6) is 5.75 Å². The highest BCUT2D eigenvalue weighted by molar-refractivity contribution is 6.13. The lowest BCUT2D eigenvalue weighted by molar-refractivity contribution is -0.238. The fourth-order valence-corrected chi connectivity index (χ4v) is 3.90. The van der Waals surface area contributed by atoms with Crippen LogP contribution >= 0.6 is 0 Å². The maximum Gasteiger partial charge on any atom is 0.277 e. The highest BCUT2D eigenvalue weighted by Gasteiger charge is 2.70. The van der Waals surface area contributed by atoms with Gasteiger partial charge in [0, 0.05) is 23.8 Å². The van der Waals surface area contributed by atoms with Gasteiger partial charge >= 0.3 is 0 Å². The molecule has 0 aromatic heterocycles. The van der Waals surface area contributed by atoms with Crippen molar-refractivity contribution < 1.29 is 19.4 Å². The van der Waals surface area contributed by atoms with Crippen molar-refractivity contribution in [2.75, 3.05) is 14.2 Å². The average molecular weight is 339 g/mol. The number of nitrogens with zero attached hydrogens (tertiary/aromatic N) is 1. The van der Waals surface area contributed by atoms with Gasteiger partial charge in [0.1, 0.15) is 18.6 Å². The lowest BCUT2D eigenvalue weighted by Crippen LogP contribution is -2.50. The Morgan fingerprint density at radius 3 is 2.52 bits per heavy atom. The number of benzene rings is 2. The Balaban J connectivity index is 2.02. The van der Waals surface area contributed by atoms with E-state index in [1.807, 2.05) is 42.5 Å². The molecule has 25 heavy (non-hydrogen) atoms. The maximum atomic E-state index is 11.8. The molecule has 1 aliphatic heterocycles. The minimum absolute atomic E-state index is 0.349. The highest BCUT2D eigenvalue weighted by atomic mass is 16.7. The van der Waals surface area contributed by atoms with Crippen molar-refractivity contribution in [3.05, 3.63) is 64.7 Å². The molecule has 2 aromatic carbocycles. The van der Waals surface area contributed by atoms with Gasteiger partial charge in [-0.1, -0.05) is 55.4 Å². The fourth-order valence-electron chi connectivity index (χ4n) is 3.90. The Kier molecular flexibility index (Phi) is 3.42. The summed E-state index contributed by atoms with van der Waals surface area (Å²) in [7, 11) is 3.00. The van der Waals surface area contributed by atoms with E-state index in [9.17, 15) is 5.11 Å². The first-order valence-corrected chi connectivity index (χ1v) is 8.32. The fraction of sp³-hybridized carbons (Fsp3) is 0.350. The summed E-state index contributed by atoms with van der Waals surface area (Å²) >= 11 is 0. The van der Waals surface area contributed by atoms with Crippen molar-refractivity contribution >= 4 is 5.71 Å². The summed E-state index contributed by atoms with van der Waals surface area (Å²) in [5.74, 6) is -0.422. The molecule has 0 spiro atoms. The van der Waals surface area contributed by atoms with Crippen LogP contribution in [-0.4, -0.2) is 25.0 Å². The van der Waals surface area contributed by atoms with Crippen LogP contribution in [0.3, 0.4) is 0 Å². The molecule has 0 saturated carbocycles. The van der Waals surface area contributed by atoms with Crippen molar-refractivity contribution in [3.63, 3.8) is 0 Å². The minimum atomic E-state index is -1.58. The number of hydrogen-bond donors (Lipinski definition) is 1. The van der Waals surface area contributed by atoms with Gasteiger partial charge in [-0.2, -0.15) is 0 Å². The van der Waals surface area contributed by atoms with Gasteiger partial charge in [-0.3, -0.25) is 0 Å². The molecule has 0 amide bonds. The number of fused-ring (bicyclic) bond motifs is 5. The molecule has 2 atom stereocenters. The Hall–Kier alpha value is -2.37. The molecule has 1 N–H and O–H groups in total. The van der Waals surface area contributed by atoms with Gasteiger partial charge in [0.2, 0.25) is 5.60 Å². The van der Waals surface area contributed by atoms with Crippen LogP contribution in [0, 0.1) is 0 Å². The van der Waals surface area contributed by atoms with E-state index in [0.29, 0.717) is 22.9 Å². The summed E-state index contributed by atoms with van der Waals surface area (Å²) in [6.45, 7) is 4.23. The predicted octanol–water partition coefficient (Wildman–Crippen LogP) is 3.25. The zero-order valence-corrected chi connectivity index (χ0v) is 14.7. The van der Waals surface area contributed by atoms with Gasteiger partial charge in [0.15, 0.2) is 0 Å². The second-order valence-corrected chi connectivity index (χ2v) is 6.71. The summed E-state index contributed by atoms with van der Waals surface area (Å²) in [6.07, 6.45) is 0. The van der Waals surface area contributed by atoms with E-state index in [1.165, 1.54) is 14.2 Å². The predicted molar refractivity (Wildman–Crippen MR) is 93.7 cm³/mol. The number of rotatable bonds is 3. The quantitative estimate of drug-likeness (QED) is 0.872. The van der Waals surface area contributed by atoms with Gasteiger partial charge in [-0.25, -0.2) is 0 Å². The molecular weight excluding hydrogens is 318 g/mol. The van der Waals surface area contributed by atoms with Gasteiger partial charge in [-0.05, 0) is 17.5 Å². The summed E-state index contributed by atoms with van der Waals surface area (Å²) in [6, 6.07) is 13.4. The molecule has 2 aromatic rings. The van der Waals surface area contributed by atoms with Gasteiger partial charge in [0.05, 0.1) is 0 Å². The van der Waals surface area contributed by atoms with Crippen molar-refractivity contribution in [3.8, 4) is 5.75 Å². The van der Waals surface area contributed by atoms with E-state index in [0.717, 1.165) is 16.7 Å². The third-order valence-electron chi connectivity index (χ3n) is 5.14. The normalized spacial score (nSPS) is 27.8. The van der Waals surface area contributed by atoms with E-state index in [4.69, 9.17) is 14.3 Å². The Morgan fingerprint density at radius 1 is 1.08 bits per heavy atom. The van der Waals surface area contributed by atoms with Crippen molar-refractivity contribution in [1.82, 2.24) is 0 Å². The molecule has 130 valence electrons. The van der Waals surface area contributed by atoms with E-state index in [2.05, 4.69) is 19.0 Å². The molecule has 5 heteroatoms. The standard InChI is InChI=1S/C20H21NO4/c1-12(2)13-9-10-16-17(11-13)25-20(23-3)15-8-6-5-7-14(15)18(21-24-4)19(16,20)22/h5-12,22H,1-4H3/b21-18+. The summed E-state index contributed by atoms with van der Waals surface area (Å²) in [5, 5.41) is 16.0. The minimum Gasteiger partial charge on any atom is -0.454 e. The third-order valence-corrected chi connectivity index (χ3v) is 5.14. The largest absolute Gasteiger partial charge is 0.454 e. The summed E-state index contributed by atoms with van der Waals surface area (Å²) < 4.78 is 12.1. The average Bonchev–Trinajstić information content (AvgIpc) is 2.99. The smallest absolute Gasteiger partial charge is 0.277 e. The summed E-state index contributed by atoms with van der Waals surface area (Å²) in [4.78, 5) is 5.04. The molecule has 4 rings (SSSR count). The zero-order valence-electron chi connectivity index (χ0n) is 14.7. The number of methoxy groups -OCH3 is 1. The van der Waals surface area contributed by atoms with Crippen molar-refractivity contribution in [1.29, 1.82) is 0 Å². The van der Waals surface area contributed by atoms with Gasteiger partial charge in [-0.15, -0.1) is 0 Å². The first-order valence-electron chi connectivity index (χ1n) is 8.32. The molecule has 2 unspecified atom stereocenters. The highest BCUT2D eigenvalue weighted by Crippen LogP contribution is 2.60. The zero-order chi connectivity index (χ0) is 17.8. The molecule has 0 radical (unpaired) electrons. The maximum absolute atomic E-state index is 11.8. The number of ether oxygens (including phenoxy) is 2. The third kappa shape index (κ3) is 1.82. The topological polar surface area (TPSA) is 60.3 Å². The molecule has 5 nitrogen and oxygen atoms in total. The molecule has 0 bridgehead atoms. The molecule has 2 aliphatic rings. The molecular formula is C20H21NO4. The number of oxime groups is 1. The van der Waals surface area contributed by atoms with Gasteiger partial charge in [0.25, 0.3) is 5.79 Å². The first kappa shape index (κ1) is 16.1. The Labute approximate surface area is 146 Å². The van der Waals surface area contributed by atoms with Crippen molar-refractivity contribution in [2.24, 2.45) is 5.16 Å². The van der Waals surface area contributed by atoms with E-state index in [-0.39, 0.29) is 0 Å². The SMILES string of the molecule is CO/N=C1\c2ccccc2C2(OC)Oc3cc(C(C)C)ccc3C12O. The lowest BCUT2D eigenvalue weighted by atomic mass is 9.85.